The second-order valence-electron chi connectivity index (χ2n) is 9.11. The van der Waals surface area contributed by atoms with Crippen molar-refractivity contribution in [3.63, 3.8) is 0 Å². The molecule has 0 aliphatic rings. The molecule has 0 aromatic heterocycles. The van der Waals surface area contributed by atoms with Gasteiger partial charge in [0.15, 0.2) is 0 Å². The fraction of sp³-hybridized carbons (Fsp3) is 0.172. The number of halogens is 2. The van der Waals surface area contributed by atoms with Gasteiger partial charge in [-0.2, -0.15) is 0 Å². The molecule has 4 N–H and O–H groups in total. The summed E-state index contributed by atoms with van der Waals surface area (Å²) in [7, 11) is 0. The summed E-state index contributed by atoms with van der Waals surface area (Å²) in [5, 5.41) is 12.4. The van der Waals surface area contributed by atoms with E-state index in [1.54, 1.807) is 13.8 Å². The van der Waals surface area contributed by atoms with E-state index in [9.17, 15) is 33.9 Å². The molecule has 0 aliphatic carbocycles. The van der Waals surface area contributed by atoms with E-state index in [1.807, 2.05) is 5.43 Å². The van der Waals surface area contributed by atoms with Gasteiger partial charge in [0.25, 0.3) is 11.8 Å². The number of carbonyl (C=O) groups excluding carboxylic acids is 5. The molecule has 2 atom stereocenters. The third-order valence-corrected chi connectivity index (χ3v) is 6.33. The molecule has 3 aromatic carbocycles. The number of carboxylic acid groups (broad SMARTS) is 1. The van der Waals surface area contributed by atoms with Crippen LogP contribution >= 0.6 is 23.2 Å². The fourth-order valence-electron chi connectivity index (χ4n) is 3.36. The number of nitrogens with one attached hydrogen (secondary N) is 3. The van der Waals surface area contributed by atoms with Crippen LogP contribution in [0.2, 0.25) is 10.0 Å². The summed E-state index contributed by atoms with van der Waals surface area (Å²) >= 11 is 12.0. The maximum atomic E-state index is 13.1. The Bertz CT molecular complexity index is 1540. The molecule has 3 rings (SSSR count). The average Bonchev–Trinajstić information content (AvgIpc) is 2.97. The van der Waals surface area contributed by atoms with Gasteiger partial charge < -0.3 is 19.9 Å². The molecular weight excluding hydrogens is 605 g/mol. The number of benzene rings is 3. The van der Waals surface area contributed by atoms with Crippen molar-refractivity contribution in [3.8, 4) is 0 Å². The minimum atomic E-state index is -2.38. The molecule has 0 aliphatic heterocycles. The lowest BCUT2D eigenvalue weighted by Gasteiger charge is -2.24. The molecule has 0 unspecified atom stereocenters. The molecule has 0 spiro atoms. The first kappa shape index (κ1) is 32.6. The van der Waals surface area contributed by atoms with Gasteiger partial charge in [-0.1, -0.05) is 61.3 Å². The predicted molar refractivity (Wildman–Crippen MR) is 154 cm³/mol. The summed E-state index contributed by atoms with van der Waals surface area (Å²) in [5.41, 5.74) is 4.10. The van der Waals surface area contributed by atoms with Crippen LogP contribution in [0.4, 0.5) is 5.69 Å². The van der Waals surface area contributed by atoms with Gasteiger partial charge in [0, 0.05) is 17.2 Å². The zero-order valence-corrected chi connectivity index (χ0v) is 24.1. The quantitative estimate of drug-likeness (QED) is 0.191. The summed E-state index contributed by atoms with van der Waals surface area (Å²) in [6.45, 7) is 3.43. The number of esters is 2. The van der Waals surface area contributed by atoms with Gasteiger partial charge in [-0.25, -0.2) is 14.4 Å². The second-order valence-corrected chi connectivity index (χ2v) is 9.93. The molecule has 14 heteroatoms. The highest BCUT2D eigenvalue weighted by Crippen LogP contribution is 2.21. The largest absolute Gasteiger partial charge is 0.478 e. The molecule has 0 saturated heterocycles. The standard InChI is InChI=1S/C29H25Cl2N3O9/c1-15(2)24(35)32-17-13-11-16(12-14-17)25(36)33-34-26(37)22(42-28(40)18-7-3-5-9-20(18)30)23(27(38)39)43-29(41)19-8-4-6-10-21(19)31/h3-15,22-23H,1-2H3,(H,32,35)(H,33,36)(H,34,37)(H,38,39)/t22-,23-/m1/s1. The summed E-state index contributed by atoms with van der Waals surface area (Å²) in [4.78, 5) is 75.4. The van der Waals surface area contributed by atoms with Crippen molar-refractivity contribution in [3.05, 3.63) is 99.5 Å². The number of hydrogen-bond donors (Lipinski definition) is 4. The molecule has 0 heterocycles. The van der Waals surface area contributed by atoms with Crippen LogP contribution in [-0.4, -0.2) is 52.9 Å². The van der Waals surface area contributed by atoms with Crippen molar-refractivity contribution < 1.29 is 43.3 Å². The Morgan fingerprint density at radius 2 is 1.16 bits per heavy atom. The second kappa shape index (κ2) is 14.8. The Labute approximate surface area is 255 Å². The SMILES string of the molecule is CC(C)C(=O)Nc1ccc(C(=O)NNC(=O)[C@H](OC(=O)c2ccccc2Cl)[C@@H](OC(=O)c2ccccc2Cl)C(=O)O)cc1. The van der Waals surface area contributed by atoms with Crippen LogP contribution in [-0.2, 0) is 23.9 Å². The summed E-state index contributed by atoms with van der Waals surface area (Å²) in [6.07, 6.45) is -4.68. The lowest BCUT2D eigenvalue weighted by molar-refractivity contribution is -0.159. The molecule has 43 heavy (non-hydrogen) atoms. The maximum Gasteiger partial charge on any atom is 0.349 e. The number of hydrazine groups is 1. The fourth-order valence-corrected chi connectivity index (χ4v) is 3.78. The number of hydrogen-bond acceptors (Lipinski definition) is 8. The van der Waals surface area contributed by atoms with Crippen molar-refractivity contribution in [1.82, 2.24) is 10.9 Å². The van der Waals surface area contributed by atoms with E-state index in [4.69, 9.17) is 32.7 Å². The van der Waals surface area contributed by atoms with E-state index in [0.29, 0.717) is 5.69 Å². The van der Waals surface area contributed by atoms with E-state index in [2.05, 4.69) is 10.7 Å². The van der Waals surface area contributed by atoms with E-state index < -0.39 is 41.9 Å². The van der Waals surface area contributed by atoms with Gasteiger partial charge in [-0.15, -0.1) is 0 Å². The smallest absolute Gasteiger partial charge is 0.349 e. The van der Waals surface area contributed by atoms with E-state index in [1.165, 1.54) is 72.8 Å². The highest BCUT2D eigenvalue weighted by Gasteiger charge is 2.41. The van der Waals surface area contributed by atoms with Crippen LogP contribution in [0.15, 0.2) is 72.8 Å². The summed E-state index contributed by atoms with van der Waals surface area (Å²) < 4.78 is 10.2. The topological polar surface area (TPSA) is 177 Å². The minimum Gasteiger partial charge on any atom is -0.478 e. The maximum absolute atomic E-state index is 13.1. The van der Waals surface area contributed by atoms with Crippen molar-refractivity contribution in [2.24, 2.45) is 5.92 Å². The monoisotopic (exact) mass is 629 g/mol. The van der Waals surface area contributed by atoms with E-state index >= 15 is 0 Å². The predicted octanol–water partition coefficient (Wildman–Crippen LogP) is 3.88. The number of ether oxygens (including phenoxy) is 2. The number of carbonyl (C=O) groups is 6. The first-order valence-electron chi connectivity index (χ1n) is 12.5. The summed E-state index contributed by atoms with van der Waals surface area (Å²) in [6, 6.07) is 16.8. The van der Waals surface area contributed by atoms with Crippen molar-refractivity contribution in [2.45, 2.75) is 26.1 Å². The Morgan fingerprint density at radius 3 is 1.63 bits per heavy atom. The lowest BCUT2D eigenvalue weighted by atomic mass is 10.1. The Hall–Kier alpha value is -4.94. The normalized spacial score (nSPS) is 11.9. The molecular formula is C29H25Cl2N3O9. The summed E-state index contributed by atoms with van der Waals surface area (Å²) in [5.74, 6) is -6.98. The average molecular weight is 630 g/mol. The number of rotatable bonds is 10. The molecule has 0 bridgehead atoms. The zero-order valence-electron chi connectivity index (χ0n) is 22.6. The van der Waals surface area contributed by atoms with Crippen molar-refractivity contribution in [1.29, 1.82) is 0 Å². The molecule has 0 saturated carbocycles. The number of aliphatic carboxylic acids is 1. The number of anilines is 1. The van der Waals surface area contributed by atoms with Crippen LogP contribution in [0.5, 0.6) is 0 Å². The Balaban J connectivity index is 1.81. The molecule has 0 fully saturated rings. The van der Waals surface area contributed by atoms with Crippen LogP contribution in [0.1, 0.15) is 44.9 Å². The first-order valence-corrected chi connectivity index (χ1v) is 13.3. The van der Waals surface area contributed by atoms with E-state index in [0.717, 1.165) is 0 Å². The minimum absolute atomic E-state index is 0.0485. The molecule has 3 aromatic rings. The Kier molecular flexibility index (Phi) is 11.2. The van der Waals surface area contributed by atoms with Gasteiger partial charge in [0.1, 0.15) is 0 Å². The van der Waals surface area contributed by atoms with Gasteiger partial charge in [-0.05, 0) is 48.5 Å². The van der Waals surface area contributed by atoms with E-state index in [-0.39, 0.29) is 38.6 Å². The van der Waals surface area contributed by atoms with Crippen molar-refractivity contribution in [2.75, 3.05) is 5.32 Å². The lowest BCUT2D eigenvalue weighted by Crippen LogP contribution is -2.54. The Morgan fingerprint density at radius 1 is 0.674 bits per heavy atom. The van der Waals surface area contributed by atoms with Gasteiger partial charge >= 0.3 is 17.9 Å². The van der Waals surface area contributed by atoms with Gasteiger partial charge in [-0.3, -0.25) is 25.2 Å². The molecule has 12 nitrogen and oxygen atoms in total. The third-order valence-electron chi connectivity index (χ3n) is 5.67. The van der Waals surface area contributed by atoms with Crippen molar-refractivity contribution >= 4 is 64.5 Å². The molecule has 224 valence electrons. The zero-order chi connectivity index (χ0) is 31.7. The first-order chi connectivity index (χ1) is 20.4. The number of carboxylic acids is 1. The molecule has 0 radical (unpaired) electrons. The van der Waals surface area contributed by atoms with Gasteiger partial charge in [0.05, 0.1) is 21.2 Å². The van der Waals surface area contributed by atoms with Crippen LogP contribution < -0.4 is 16.2 Å². The third kappa shape index (κ3) is 8.77. The highest BCUT2D eigenvalue weighted by molar-refractivity contribution is 6.34. The number of amides is 3. The van der Waals surface area contributed by atoms with Gasteiger partial charge in [0.2, 0.25) is 18.1 Å². The highest BCUT2D eigenvalue weighted by atomic mass is 35.5. The molecule has 3 amide bonds. The van der Waals surface area contributed by atoms with Crippen LogP contribution in [0.3, 0.4) is 0 Å². The van der Waals surface area contributed by atoms with Crippen LogP contribution in [0, 0.1) is 5.92 Å². The van der Waals surface area contributed by atoms with Crippen LogP contribution in [0.25, 0.3) is 0 Å².